The van der Waals surface area contributed by atoms with Gasteiger partial charge in [-0.05, 0) is 67.9 Å². The molecular formula is C24H19ClN2O4. The van der Waals surface area contributed by atoms with Gasteiger partial charge in [0.25, 0.3) is 17.7 Å². The van der Waals surface area contributed by atoms with Crippen molar-refractivity contribution in [3.63, 3.8) is 0 Å². The molecular weight excluding hydrogens is 416 g/mol. The fourth-order valence-electron chi connectivity index (χ4n) is 3.38. The van der Waals surface area contributed by atoms with Gasteiger partial charge in [0.1, 0.15) is 5.75 Å². The topological polar surface area (TPSA) is 75.7 Å². The lowest BCUT2D eigenvalue weighted by molar-refractivity contribution is -0.122. The summed E-state index contributed by atoms with van der Waals surface area (Å²) >= 11 is 5.96. The first-order chi connectivity index (χ1) is 14.8. The van der Waals surface area contributed by atoms with Crippen molar-refractivity contribution in [1.29, 1.82) is 0 Å². The molecule has 0 saturated carbocycles. The first-order valence-corrected chi connectivity index (χ1v) is 10.0. The van der Waals surface area contributed by atoms with Crippen molar-refractivity contribution in [2.45, 2.75) is 20.0 Å². The van der Waals surface area contributed by atoms with Crippen LogP contribution in [0.15, 0.2) is 66.7 Å². The standard InChI is InChI=1S/C24H19ClN2O4/c1-14-12-16(25)10-11-21(14)31-15(2)22(28)26-17-6-5-7-18(13-17)27-23(29)19-8-3-4-9-20(19)24(27)30/h3-13,15H,1-2H3,(H,26,28). The highest BCUT2D eigenvalue weighted by Crippen LogP contribution is 2.30. The molecule has 0 radical (unpaired) electrons. The summed E-state index contributed by atoms with van der Waals surface area (Å²) < 4.78 is 5.75. The van der Waals surface area contributed by atoms with E-state index in [1.165, 1.54) is 0 Å². The molecule has 4 rings (SSSR count). The van der Waals surface area contributed by atoms with Gasteiger partial charge in [0.15, 0.2) is 6.10 Å². The van der Waals surface area contributed by atoms with Gasteiger partial charge in [0.2, 0.25) is 0 Å². The van der Waals surface area contributed by atoms with Crippen LogP contribution in [0.25, 0.3) is 0 Å². The van der Waals surface area contributed by atoms with E-state index in [4.69, 9.17) is 16.3 Å². The third kappa shape index (κ3) is 4.02. The molecule has 1 aliphatic rings. The Morgan fingerprint density at radius 2 is 1.65 bits per heavy atom. The van der Waals surface area contributed by atoms with Crippen LogP contribution in [0.4, 0.5) is 11.4 Å². The highest BCUT2D eigenvalue weighted by molar-refractivity contribution is 6.34. The number of anilines is 2. The van der Waals surface area contributed by atoms with Gasteiger partial charge in [-0.2, -0.15) is 0 Å². The van der Waals surface area contributed by atoms with Crippen molar-refractivity contribution in [3.8, 4) is 5.75 Å². The zero-order chi connectivity index (χ0) is 22.1. The molecule has 6 nitrogen and oxygen atoms in total. The summed E-state index contributed by atoms with van der Waals surface area (Å²) in [6.07, 6.45) is -0.775. The van der Waals surface area contributed by atoms with E-state index in [0.29, 0.717) is 33.3 Å². The largest absolute Gasteiger partial charge is 0.481 e. The molecule has 0 bridgehead atoms. The number of carbonyl (C=O) groups excluding carboxylic acids is 3. The van der Waals surface area contributed by atoms with Crippen molar-refractivity contribution in [3.05, 3.63) is 88.4 Å². The van der Waals surface area contributed by atoms with Gasteiger partial charge >= 0.3 is 0 Å². The van der Waals surface area contributed by atoms with Gasteiger partial charge in [0, 0.05) is 10.7 Å². The number of ether oxygens (including phenoxy) is 1. The molecule has 0 spiro atoms. The number of nitrogens with zero attached hydrogens (tertiary/aromatic N) is 1. The van der Waals surface area contributed by atoms with E-state index in [2.05, 4.69) is 5.32 Å². The van der Waals surface area contributed by atoms with Gasteiger partial charge in [-0.3, -0.25) is 14.4 Å². The lowest BCUT2D eigenvalue weighted by Crippen LogP contribution is -2.31. The Labute approximate surface area is 184 Å². The number of nitrogens with one attached hydrogen (secondary N) is 1. The number of amides is 3. The third-order valence-corrected chi connectivity index (χ3v) is 5.21. The number of rotatable bonds is 5. The number of benzene rings is 3. The molecule has 1 aliphatic heterocycles. The Bertz CT molecular complexity index is 1170. The Morgan fingerprint density at radius 1 is 0.968 bits per heavy atom. The first-order valence-electron chi connectivity index (χ1n) is 9.66. The van der Waals surface area contributed by atoms with Crippen LogP contribution < -0.4 is 15.0 Å². The van der Waals surface area contributed by atoms with Crippen LogP contribution in [0.1, 0.15) is 33.2 Å². The second-order valence-electron chi connectivity index (χ2n) is 7.20. The van der Waals surface area contributed by atoms with Crippen LogP contribution in [0.2, 0.25) is 5.02 Å². The molecule has 7 heteroatoms. The normalized spacial score (nSPS) is 13.7. The zero-order valence-electron chi connectivity index (χ0n) is 16.9. The van der Waals surface area contributed by atoms with Crippen molar-refractivity contribution < 1.29 is 19.1 Å². The molecule has 1 heterocycles. The fourth-order valence-corrected chi connectivity index (χ4v) is 3.61. The SMILES string of the molecule is Cc1cc(Cl)ccc1OC(C)C(=O)Nc1cccc(N2C(=O)c3ccccc3C2=O)c1. The van der Waals surface area contributed by atoms with Crippen molar-refractivity contribution in [2.75, 3.05) is 10.2 Å². The predicted molar refractivity (Wildman–Crippen MR) is 119 cm³/mol. The molecule has 0 aliphatic carbocycles. The molecule has 0 fully saturated rings. The lowest BCUT2D eigenvalue weighted by Gasteiger charge is -2.18. The number of halogens is 1. The Balaban J connectivity index is 1.49. The van der Waals surface area contributed by atoms with E-state index in [1.54, 1.807) is 73.7 Å². The van der Waals surface area contributed by atoms with E-state index in [9.17, 15) is 14.4 Å². The Morgan fingerprint density at radius 3 is 2.29 bits per heavy atom. The molecule has 1 atom stereocenters. The minimum absolute atomic E-state index is 0.363. The van der Waals surface area contributed by atoms with Crippen molar-refractivity contribution in [1.82, 2.24) is 0 Å². The number of aryl methyl sites for hydroxylation is 1. The van der Waals surface area contributed by atoms with Gasteiger partial charge in [-0.1, -0.05) is 29.8 Å². The summed E-state index contributed by atoms with van der Waals surface area (Å²) in [4.78, 5) is 39.1. The number of hydrogen-bond donors (Lipinski definition) is 1. The molecule has 0 saturated heterocycles. The maximum absolute atomic E-state index is 12.7. The van der Waals surface area contributed by atoms with Crippen LogP contribution in [0.3, 0.4) is 0 Å². The molecule has 0 aromatic heterocycles. The average Bonchev–Trinajstić information content (AvgIpc) is 3.01. The van der Waals surface area contributed by atoms with Crippen molar-refractivity contribution in [2.24, 2.45) is 0 Å². The number of imide groups is 1. The average molecular weight is 435 g/mol. The van der Waals surface area contributed by atoms with E-state index in [0.717, 1.165) is 10.5 Å². The Hall–Kier alpha value is -3.64. The number of carbonyl (C=O) groups is 3. The smallest absolute Gasteiger partial charge is 0.266 e. The summed E-state index contributed by atoms with van der Waals surface area (Å²) in [5.74, 6) is -0.585. The highest BCUT2D eigenvalue weighted by atomic mass is 35.5. The van der Waals surface area contributed by atoms with E-state index >= 15 is 0 Å². The second-order valence-corrected chi connectivity index (χ2v) is 7.64. The third-order valence-electron chi connectivity index (χ3n) is 4.98. The minimum Gasteiger partial charge on any atom is -0.481 e. The monoisotopic (exact) mass is 434 g/mol. The number of fused-ring (bicyclic) bond motifs is 1. The predicted octanol–water partition coefficient (Wildman–Crippen LogP) is 4.86. The summed E-state index contributed by atoms with van der Waals surface area (Å²) in [5, 5.41) is 3.36. The molecule has 3 amide bonds. The van der Waals surface area contributed by atoms with Gasteiger partial charge < -0.3 is 10.1 Å². The maximum atomic E-state index is 12.7. The van der Waals surface area contributed by atoms with Gasteiger partial charge in [-0.15, -0.1) is 0 Å². The van der Waals surface area contributed by atoms with Crippen molar-refractivity contribution >= 4 is 40.7 Å². The first kappa shape index (κ1) is 20.6. The zero-order valence-corrected chi connectivity index (χ0v) is 17.6. The lowest BCUT2D eigenvalue weighted by atomic mass is 10.1. The van der Waals surface area contributed by atoms with Crippen LogP contribution in [-0.4, -0.2) is 23.8 Å². The van der Waals surface area contributed by atoms with Crippen LogP contribution in [0, 0.1) is 6.92 Å². The number of hydrogen-bond acceptors (Lipinski definition) is 4. The van der Waals surface area contributed by atoms with E-state index in [-0.39, 0.29) is 17.7 Å². The quantitative estimate of drug-likeness (QED) is 0.582. The molecule has 3 aromatic carbocycles. The summed E-state index contributed by atoms with van der Waals surface area (Å²) in [5.41, 5.74) is 2.37. The van der Waals surface area contributed by atoms with E-state index < -0.39 is 6.10 Å². The second kappa shape index (κ2) is 8.24. The minimum atomic E-state index is -0.775. The summed E-state index contributed by atoms with van der Waals surface area (Å²) in [7, 11) is 0. The molecule has 1 unspecified atom stereocenters. The van der Waals surface area contributed by atoms with Crippen LogP contribution in [0.5, 0.6) is 5.75 Å². The summed E-state index contributed by atoms with van der Waals surface area (Å²) in [6.45, 7) is 3.48. The van der Waals surface area contributed by atoms with Gasteiger partial charge in [0.05, 0.1) is 16.8 Å². The van der Waals surface area contributed by atoms with Crippen LogP contribution >= 0.6 is 11.6 Å². The van der Waals surface area contributed by atoms with E-state index in [1.807, 2.05) is 6.92 Å². The maximum Gasteiger partial charge on any atom is 0.266 e. The molecule has 3 aromatic rings. The highest BCUT2D eigenvalue weighted by Gasteiger charge is 2.36. The Kier molecular flexibility index (Phi) is 5.48. The van der Waals surface area contributed by atoms with Gasteiger partial charge in [-0.25, -0.2) is 4.90 Å². The summed E-state index contributed by atoms with van der Waals surface area (Å²) in [6, 6.07) is 18.4. The molecule has 1 N–H and O–H groups in total. The van der Waals surface area contributed by atoms with Crippen LogP contribution in [-0.2, 0) is 4.79 Å². The molecule has 156 valence electrons. The fraction of sp³-hybridized carbons (Fsp3) is 0.125. The molecule has 31 heavy (non-hydrogen) atoms.